The van der Waals surface area contributed by atoms with Gasteiger partial charge in [0.15, 0.2) is 5.82 Å². The molecule has 1 aromatic heterocycles. The summed E-state index contributed by atoms with van der Waals surface area (Å²) in [6, 6.07) is 0. The number of carboxylic acid groups (broad SMARTS) is 1. The van der Waals surface area contributed by atoms with E-state index in [0.717, 1.165) is 0 Å². The van der Waals surface area contributed by atoms with E-state index in [1.807, 2.05) is 0 Å². The Kier molecular flexibility index (Phi) is 3.28. The van der Waals surface area contributed by atoms with Gasteiger partial charge in [-0.3, -0.25) is 9.78 Å². The third-order valence-corrected chi connectivity index (χ3v) is 1.94. The number of aliphatic carboxylic acids is 1. The molecule has 0 aliphatic heterocycles. The Bertz CT molecular complexity index is 393. The number of pyridine rings is 1. The van der Waals surface area contributed by atoms with Gasteiger partial charge in [-0.25, -0.2) is 13.2 Å². The first-order chi connectivity index (χ1) is 6.93. The number of hydrogen-bond acceptors (Lipinski definition) is 2. The zero-order valence-electron chi connectivity index (χ0n) is 7.80. The lowest BCUT2D eigenvalue weighted by molar-refractivity contribution is -0.136. The molecule has 1 aromatic rings. The molecule has 0 atom stereocenters. The second-order valence-electron chi connectivity index (χ2n) is 2.95. The standard InChI is InChI=1S/C9H8F3NO2/c1-4-5(2-7(14)15)8(9(11)12)6(10)3-13-4/h3,9H,2H2,1H3,(H,14,15). The van der Waals surface area contributed by atoms with E-state index >= 15 is 0 Å². The van der Waals surface area contributed by atoms with Crippen LogP contribution in [0.4, 0.5) is 13.2 Å². The fraction of sp³-hybridized carbons (Fsp3) is 0.333. The highest BCUT2D eigenvalue weighted by Crippen LogP contribution is 2.27. The van der Waals surface area contributed by atoms with Crippen molar-refractivity contribution in [1.82, 2.24) is 4.98 Å². The highest BCUT2D eigenvalue weighted by molar-refractivity contribution is 5.71. The summed E-state index contributed by atoms with van der Waals surface area (Å²) in [5.41, 5.74) is -1.02. The van der Waals surface area contributed by atoms with Gasteiger partial charge in [0.2, 0.25) is 0 Å². The van der Waals surface area contributed by atoms with Crippen LogP contribution in [-0.2, 0) is 11.2 Å². The summed E-state index contributed by atoms with van der Waals surface area (Å²) in [5.74, 6) is -2.47. The maximum absolute atomic E-state index is 13.0. The van der Waals surface area contributed by atoms with E-state index in [1.165, 1.54) is 6.92 Å². The van der Waals surface area contributed by atoms with Crippen molar-refractivity contribution >= 4 is 5.97 Å². The Morgan fingerprint density at radius 3 is 2.67 bits per heavy atom. The maximum atomic E-state index is 13.0. The highest BCUT2D eigenvalue weighted by Gasteiger charge is 2.22. The third kappa shape index (κ3) is 2.45. The van der Waals surface area contributed by atoms with Crippen LogP contribution < -0.4 is 0 Å². The molecule has 0 radical (unpaired) electrons. The number of aryl methyl sites for hydroxylation is 1. The lowest BCUT2D eigenvalue weighted by Crippen LogP contribution is -2.09. The summed E-state index contributed by atoms with van der Waals surface area (Å²) in [4.78, 5) is 13.9. The molecule has 0 saturated heterocycles. The molecule has 1 N–H and O–H groups in total. The first-order valence-corrected chi connectivity index (χ1v) is 4.07. The van der Waals surface area contributed by atoms with E-state index in [0.29, 0.717) is 6.20 Å². The van der Waals surface area contributed by atoms with Crippen LogP contribution in [0.3, 0.4) is 0 Å². The minimum absolute atomic E-state index is 0.106. The lowest BCUT2D eigenvalue weighted by atomic mass is 10.0. The fourth-order valence-electron chi connectivity index (χ4n) is 1.25. The zero-order valence-corrected chi connectivity index (χ0v) is 7.80. The predicted octanol–water partition coefficient (Wildman–Crippen LogP) is 2.09. The molecule has 0 unspecified atom stereocenters. The van der Waals surface area contributed by atoms with Gasteiger partial charge >= 0.3 is 5.97 Å². The summed E-state index contributed by atoms with van der Waals surface area (Å²) in [6.45, 7) is 1.36. The second kappa shape index (κ2) is 4.29. The van der Waals surface area contributed by atoms with Gasteiger partial charge in [0.05, 0.1) is 18.2 Å². The number of hydrogen-bond donors (Lipinski definition) is 1. The van der Waals surface area contributed by atoms with Crippen molar-refractivity contribution in [3.63, 3.8) is 0 Å². The third-order valence-electron chi connectivity index (χ3n) is 1.94. The minimum Gasteiger partial charge on any atom is -0.481 e. The van der Waals surface area contributed by atoms with Gasteiger partial charge in [-0.1, -0.05) is 0 Å². The van der Waals surface area contributed by atoms with E-state index in [9.17, 15) is 18.0 Å². The number of alkyl halides is 2. The Labute approximate surface area is 83.6 Å². The largest absolute Gasteiger partial charge is 0.481 e. The number of aromatic nitrogens is 1. The molecule has 15 heavy (non-hydrogen) atoms. The van der Waals surface area contributed by atoms with Gasteiger partial charge in [0, 0.05) is 5.69 Å². The molecule has 3 nitrogen and oxygen atoms in total. The Morgan fingerprint density at radius 2 is 2.20 bits per heavy atom. The first-order valence-electron chi connectivity index (χ1n) is 4.07. The SMILES string of the molecule is Cc1ncc(F)c(C(F)F)c1CC(=O)O. The first kappa shape index (κ1) is 11.5. The van der Waals surface area contributed by atoms with E-state index in [1.54, 1.807) is 0 Å². The fourth-order valence-corrected chi connectivity index (χ4v) is 1.25. The number of carbonyl (C=O) groups is 1. The van der Waals surface area contributed by atoms with Crippen LogP contribution in [0.25, 0.3) is 0 Å². The second-order valence-corrected chi connectivity index (χ2v) is 2.95. The number of nitrogens with zero attached hydrogens (tertiary/aromatic N) is 1. The Hall–Kier alpha value is -1.59. The molecule has 0 fully saturated rings. The molecule has 0 amide bonds. The normalized spacial score (nSPS) is 10.7. The molecule has 0 bridgehead atoms. The molecule has 1 heterocycles. The van der Waals surface area contributed by atoms with Gasteiger partial charge in [-0.2, -0.15) is 0 Å². The minimum atomic E-state index is -3.04. The van der Waals surface area contributed by atoms with Crippen LogP contribution in [0, 0.1) is 12.7 Å². The molecular weight excluding hydrogens is 211 g/mol. The van der Waals surface area contributed by atoms with E-state index < -0.39 is 30.2 Å². The summed E-state index contributed by atoms with van der Waals surface area (Å²) >= 11 is 0. The lowest BCUT2D eigenvalue weighted by Gasteiger charge is -2.10. The van der Waals surface area contributed by atoms with Crippen molar-refractivity contribution in [2.75, 3.05) is 0 Å². The molecule has 82 valence electrons. The van der Waals surface area contributed by atoms with Crippen molar-refractivity contribution < 1.29 is 23.1 Å². The Balaban J connectivity index is 3.31. The predicted molar refractivity (Wildman–Crippen MR) is 45.2 cm³/mol. The molecule has 0 saturated carbocycles. The molecule has 0 spiro atoms. The molecule has 0 aliphatic rings. The topological polar surface area (TPSA) is 50.2 Å². The quantitative estimate of drug-likeness (QED) is 0.846. The van der Waals surface area contributed by atoms with Gasteiger partial charge in [-0.15, -0.1) is 0 Å². The number of rotatable bonds is 3. The number of carboxylic acids is 1. The molecular formula is C9H8F3NO2. The Morgan fingerprint density at radius 1 is 1.60 bits per heavy atom. The summed E-state index contributed by atoms with van der Waals surface area (Å²) < 4.78 is 37.9. The summed E-state index contributed by atoms with van der Waals surface area (Å²) in [7, 11) is 0. The number of halogens is 3. The van der Waals surface area contributed by atoms with Gasteiger partial charge in [0.25, 0.3) is 6.43 Å². The zero-order chi connectivity index (χ0) is 11.6. The van der Waals surface area contributed by atoms with Crippen LogP contribution in [0.15, 0.2) is 6.20 Å². The average Bonchev–Trinajstić information content (AvgIpc) is 2.10. The summed E-state index contributed by atoms with van der Waals surface area (Å²) in [5, 5.41) is 8.49. The van der Waals surface area contributed by atoms with Crippen LogP contribution in [-0.4, -0.2) is 16.1 Å². The van der Waals surface area contributed by atoms with Crippen molar-refractivity contribution in [2.45, 2.75) is 19.8 Å². The molecule has 6 heteroatoms. The van der Waals surface area contributed by atoms with Gasteiger partial charge in [-0.05, 0) is 12.5 Å². The van der Waals surface area contributed by atoms with Gasteiger partial charge < -0.3 is 5.11 Å². The van der Waals surface area contributed by atoms with Crippen molar-refractivity contribution in [1.29, 1.82) is 0 Å². The van der Waals surface area contributed by atoms with Crippen molar-refractivity contribution in [2.24, 2.45) is 0 Å². The molecule has 1 rings (SSSR count). The van der Waals surface area contributed by atoms with Crippen LogP contribution in [0.1, 0.15) is 23.2 Å². The summed E-state index contributed by atoms with van der Waals surface area (Å²) in [6.07, 6.45) is -3.03. The smallest absolute Gasteiger partial charge is 0.307 e. The molecule has 0 aliphatic carbocycles. The highest BCUT2D eigenvalue weighted by atomic mass is 19.3. The van der Waals surface area contributed by atoms with Crippen molar-refractivity contribution in [3.05, 3.63) is 28.8 Å². The van der Waals surface area contributed by atoms with Crippen molar-refractivity contribution in [3.8, 4) is 0 Å². The average molecular weight is 219 g/mol. The van der Waals surface area contributed by atoms with Crippen LogP contribution in [0.2, 0.25) is 0 Å². The van der Waals surface area contributed by atoms with E-state index in [-0.39, 0.29) is 11.3 Å². The monoisotopic (exact) mass is 219 g/mol. The van der Waals surface area contributed by atoms with E-state index in [2.05, 4.69) is 4.98 Å². The van der Waals surface area contributed by atoms with Crippen LogP contribution in [0.5, 0.6) is 0 Å². The van der Waals surface area contributed by atoms with Gasteiger partial charge in [0.1, 0.15) is 0 Å². The van der Waals surface area contributed by atoms with Crippen LogP contribution >= 0.6 is 0 Å². The van der Waals surface area contributed by atoms with E-state index in [4.69, 9.17) is 5.11 Å². The maximum Gasteiger partial charge on any atom is 0.307 e. The molecule has 0 aromatic carbocycles.